The van der Waals surface area contributed by atoms with Crippen LogP contribution in [0.5, 0.6) is 0 Å². The molecule has 0 aromatic carbocycles. The number of nitrogens with two attached hydrogens (primary N) is 1. The molecule has 2 amide bonds. The summed E-state index contributed by atoms with van der Waals surface area (Å²) in [6.45, 7) is 7.37. The van der Waals surface area contributed by atoms with Gasteiger partial charge in [-0.2, -0.15) is 0 Å². The zero-order chi connectivity index (χ0) is 14.4. The average molecular weight is 269 g/mol. The third-order valence-corrected chi connectivity index (χ3v) is 3.54. The first-order valence-electron chi connectivity index (χ1n) is 7.27. The molecule has 1 atom stereocenters. The van der Waals surface area contributed by atoms with Crippen molar-refractivity contribution in [3.8, 4) is 0 Å². The number of likely N-dealkylation sites (tertiary alicyclic amines) is 1. The molecule has 0 aliphatic carbocycles. The van der Waals surface area contributed by atoms with Gasteiger partial charge < -0.3 is 16.0 Å². The lowest BCUT2D eigenvalue weighted by Crippen LogP contribution is -2.51. The van der Waals surface area contributed by atoms with Crippen LogP contribution in [0.4, 0.5) is 0 Å². The Morgan fingerprint density at radius 1 is 1.32 bits per heavy atom. The van der Waals surface area contributed by atoms with Gasteiger partial charge in [0.15, 0.2) is 0 Å². The van der Waals surface area contributed by atoms with Crippen LogP contribution < -0.4 is 11.1 Å². The van der Waals surface area contributed by atoms with E-state index in [0.29, 0.717) is 25.4 Å². The molecule has 0 aromatic rings. The molecule has 110 valence electrons. The van der Waals surface area contributed by atoms with Crippen molar-refractivity contribution in [3.05, 3.63) is 0 Å². The van der Waals surface area contributed by atoms with Gasteiger partial charge in [0.2, 0.25) is 11.8 Å². The van der Waals surface area contributed by atoms with E-state index in [1.165, 1.54) is 0 Å². The highest BCUT2D eigenvalue weighted by Gasteiger charge is 2.26. The van der Waals surface area contributed by atoms with Gasteiger partial charge in [-0.05, 0) is 25.2 Å². The largest absolute Gasteiger partial charge is 0.353 e. The van der Waals surface area contributed by atoms with E-state index in [1.54, 1.807) is 0 Å². The van der Waals surface area contributed by atoms with E-state index in [1.807, 2.05) is 11.8 Å². The highest BCUT2D eigenvalue weighted by Crippen LogP contribution is 2.13. The minimum absolute atomic E-state index is 0.0500. The standard InChI is InChI=1S/C14H27N3O2/c1-4-13(18)16-11-5-7-17(8-6-11)14(19)12(15)9-10(2)3/h10-12H,4-9,15H2,1-3H3,(H,16,18)/t12-/m1/s1. The van der Waals surface area contributed by atoms with Crippen molar-refractivity contribution < 1.29 is 9.59 Å². The number of nitrogens with one attached hydrogen (secondary N) is 1. The zero-order valence-corrected chi connectivity index (χ0v) is 12.3. The van der Waals surface area contributed by atoms with E-state index >= 15 is 0 Å². The predicted octanol–water partition coefficient (Wildman–Crippen LogP) is 0.877. The number of rotatable bonds is 5. The van der Waals surface area contributed by atoms with Crippen LogP contribution in [0.2, 0.25) is 0 Å². The summed E-state index contributed by atoms with van der Waals surface area (Å²) in [7, 11) is 0. The first-order valence-corrected chi connectivity index (χ1v) is 7.27. The number of piperidine rings is 1. The first-order chi connectivity index (χ1) is 8.93. The van der Waals surface area contributed by atoms with Crippen LogP contribution in [0.3, 0.4) is 0 Å². The molecule has 0 unspecified atom stereocenters. The molecule has 0 radical (unpaired) electrons. The Labute approximate surface area is 115 Å². The molecule has 1 saturated heterocycles. The number of hydrogen-bond donors (Lipinski definition) is 2. The maximum atomic E-state index is 12.1. The second-order valence-corrected chi connectivity index (χ2v) is 5.76. The Morgan fingerprint density at radius 3 is 2.37 bits per heavy atom. The van der Waals surface area contributed by atoms with Gasteiger partial charge in [-0.3, -0.25) is 9.59 Å². The number of hydrogen-bond acceptors (Lipinski definition) is 3. The molecule has 5 heteroatoms. The first kappa shape index (κ1) is 16.0. The number of nitrogens with zero attached hydrogens (tertiary/aromatic N) is 1. The van der Waals surface area contributed by atoms with E-state index in [-0.39, 0.29) is 23.9 Å². The normalized spacial score (nSPS) is 18.5. The minimum atomic E-state index is -0.387. The summed E-state index contributed by atoms with van der Waals surface area (Å²) in [5.41, 5.74) is 5.92. The van der Waals surface area contributed by atoms with Crippen LogP contribution >= 0.6 is 0 Å². The molecule has 1 aliphatic rings. The molecule has 0 aromatic heterocycles. The van der Waals surface area contributed by atoms with Crippen molar-refractivity contribution >= 4 is 11.8 Å². The van der Waals surface area contributed by atoms with Gasteiger partial charge >= 0.3 is 0 Å². The lowest BCUT2D eigenvalue weighted by molar-refractivity contribution is -0.134. The van der Waals surface area contributed by atoms with Crippen molar-refractivity contribution in [2.75, 3.05) is 13.1 Å². The molecule has 19 heavy (non-hydrogen) atoms. The number of carbonyl (C=O) groups is 2. The molecular formula is C14H27N3O2. The summed E-state index contributed by atoms with van der Waals surface area (Å²) in [4.78, 5) is 25.3. The molecule has 1 fully saturated rings. The topological polar surface area (TPSA) is 75.4 Å². The van der Waals surface area contributed by atoms with Gasteiger partial charge in [0, 0.05) is 25.6 Å². The summed E-state index contributed by atoms with van der Waals surface area (Å²) in [5, 5.41) is 2.98. The monoisotopic (exact) mass is 269 g/mol. The molecule has 3 N–H and O–H groups in total. The summed E-state index contributed by atoms with van der Waals surface area (Å²) >= 11 is 0. The lowest BCUT2D eigenvalue weighted by atomic mass is 10.0. The highest BCUT2D eigenvalue weighted by molar-refractivity contribution is 5.81. The number of carbonyl (C=O) groups excluding carboxylic acids is 2. The predicted molar refractivity (Wildman–Crippen MR) is 75.5 cm³/mol. The second kappa shape index (κ2) is 7.48. The smallest absolute Gasteiger partial charge is 0.239 e. The van der Waals surface area contributed by atoms with Crippen molar-refractivity contribution in [3.63, 3.8) is 0 Å². The Balaban J connectivity index is 2.36. The van der Waals surface area contributed by atoms with Crippen LogP contribution in [-0.4, -0.2) is 41.9 Å². The summed E-state index contributed by atoms with van der Waals surface area (Å²) in [5.74, 6) is 0.565. The Hall–Kier alpha value is -1.10. The van der Waals surface area contributed by atoms with E-state index in [0.717, 1.165) is 19.3 Å². The zero-order valence-electron chi connectivity index (χ0n) is 12.3. The molecule has 0 spiro atoms. The van der Waals surface area contributed by atoms with E-state index in [2.05, 4.69) is 19.2 Å². The van der Waals surface area contributed by atoms with Gasteiger partial charge in [-0.1, -0.05) is 20.8 Å². The van der Waals surface area contributed by atoms with Crippen LogP contribution in [0.25, 0.3) is 0 Å². The molecule has 1 heterocycles. The highest BCUT2D eigenvalue weighted by atomic mass is 16.2. The van der Waals surface area contributed by atoms with E-state index in [9.17, 15) is 9.59 Å². The van der Waals surface area contributed by atoms with Crippen LogP contribution in [0.1, 0.15) is 46.5 Å². The Kier molecular flexibility index (Phi) is 6.28. The third-order valence-electron chi connectivity index (χ3n) is 3.54. The van der Waals surface area contributed by atoms with E-state index in [4.69, 9.17) is 5.73 Å². The van der Waals surface area contributed by atoms with Gasteiger partial charge in [0.1, 0.15) is 0 Å². The maximum Gasteiger partial charge on any atom is 0.239 e. The van der Waals surface area contributed by atoms with Gasteiger partial charge in [0.25, 0.3) is 0 Å². The summed E-state index contributed by atoms with van der Waals surface area (Å²) in [6.07, 6.45) is 2.89. The molecular weight excluding hydrogens is 242 g/mol. The average Bonchev–Trinajstić information content (AvgIpc) is 2.37. The van der Waals surface area contributed by atoms with Crippen LogP contribution in [-0.2, 0) is 9.59 Å². The molecule has 0 bridgehead atoms. The molecule has 0 saturated carbocycles. The lowest BCUT2D eigenvalue weighted by Gasteiger charge is -2.34. The second-order valence-electron chi connectivity index (χ2n) is 5.76. The van der Waals surface area contributed by atoms with Crippen molar-refractivity contribution in [1.82, 2.24) is 10.2 Å². The molecule has 5 nitrogen and oxygen atoms in total. The fourth-order valence-electron chi connectivity index (χ4n) is 2.42. The Morgan fingerprint density at radius 2 is 1.89 bits per heavy atom. The van der Waals surface area contributed by atoms with Crippen molar-refractivity contribution in [1.29, 1.82) is 0 Å². The van der Waals surface area contributed by atoms with Gasteiger partial charge in [-0.25, -0.2) is 0 Å². The van der Waals surface area contributed by atoms with E-state index < -0.39 is 0 Å². The third kappa shape index (κ3) is 5.19. The molecule has 1 aliphatic heterocycles. The number of amides is 2. The minimum Gasteiger partial charge on any atom is -0.353 e. The van der Waals surface area contributed by atoms with Gasteiger partial charge in [-0.15, -0.1) is 0 Å². The Bertz CT molecular complexity index is 310. The summed E-state index contributed by atoms with van der Waals surface area (Å²) in [6, 6.07) is -0.181. The van der Waals surface area contributed by atoms with Gasteiger partial charge in [0.05, 0.1) is 6.04 Å². The van der Waals surface area contributed by atoms with Crippen LogP contribution in [0, 0.1) is 5.92 Å². The fourth-order valence-corrected chi connectivity index (χ4v) is 2.42. The molecule has 1 rings (SSSR count). The van der Waals surface area contributed by atoms with Crippen molar-refractivity contribution in [2.45, 2.75) is 58.5 Å². The van der Waals surface area contributed by atoms with Crippen molar-refractivity contribution in [2.24, 2.45) is 11.7 Å². The summed E-state index contributed by atoms with van der Waals surface area (Å²) < 4.78 is 0. The quantitative estimate of drug-likeness (QED) is 0.778. The maximum absolute atomic E-state index is 12.1. The van der Waals surface area contributed by atoms with Crippen LogP contribution in [0.15, 0.2) is 0 Å². The SMILES string of the molecule is CCC(=O)NC1CCN(C(=O)[C@H](N)CC(C)C)CC1. The fraction of sp³-hybridized carbons (Fsp3) is 0.857.